The van der Waals surface area contributed by atoms with Gasteiger partial charge in [0.05, 0.1) is 6.10 Å². The van der Waals surface area contributed by atoms with Gasteiger partial charge in [0, 0.05) is 19.5 Å². The summed E-state index contributed by atoms with van der Waals surface area (Å²) in [5, 5.41) is 12.9. The normalized spacial score (nSPS) is 19.8. The second kappa shape index (κ2) is 6.03. The number of aliphatic hydroxyl groups excluding tert-OH is 1. The fourth-order valence-corrected chi connectivity index (χ4v) is 2.21. The molecule has 2 unspecified atom stereocenters. The first kappa shape index (κ1) is 12.4. The van der Waals surface area contributed by atoms with E-state index in [-0.39, 0.29) is 12.2 Å². The van der Waals surface area contributed by atoms with Gasteiger partial charge in [-0.1, -0.05) is 31.5 Å². The fourth-order valence-electron chi connectivity index (χ4n) is 2.21. The van der Waals surface area contributed by atoms with Crippen LogP contribution in [0.3, 0.4) is 0 Å². The van der Waals surface area contributed by atoms with Crippen molar-refractivity contribution in [2.24, 2.45) is 0 Å². The van der Waals surface area contributed by atoms with Crippen molar-refractivity contribution in [2.45, 2.75) is 38.4 Å². The lowest BCUT2D eigenvalue weighted by molar-refractivity contribution is 0.152. The molecule has 2 N–H and O–H groups in total. The van der Waals surface area contributed by atoms with Crippen LogP contribution in [-0.2, 0) is 6.42 Å². The van der Waals surface area contributed by atoms with Crippen molar-refractivity contribution in [3.63, 3.8) is 0 Å². The third-order valence-corrected chi connectivity index (χ3v) is 3.09. The van der Waals surface area contributed by atoms with Crippen LogP contribution < -0.4 is 10.1 Å². The number of hydrogen-bond donors (Lipinski definition) is 2. The van der Waals surface area contributed by atoms with Gasteiger partial charge < -0.3 is 15.2 Å². The molecule has 1 aliphatic heterocycles. The minimum Gasteiger partial charge on any atom is -0.488 e. The molecule has 0 bridgehead atoms. The molecule has 2 atom stereocenters. The van der Waals surface area contributed by atoms with Crippen LogP contribution in [0, 0.1) is 0 Å². The van der Waals surface area contributed by atoms with Gasteiger partial charge in [0.2, 0.25) is 0 Å². The average Bonchev–Trinajstić information content (AvgIpc) is 2.71. The lowest BCUT2D eigenvalue weighted by atomic mass is 10.1. The Morgan fingerprint density at radius 3 is 3.06 bits per heavy atom. The van der Waals surface area contributed by atoms with E-state index in [0.29, 0.717) is 6.54 Å². The Morgan fingerprint density at radius 2 is 2.29 bits per heavy atom. The number of para-hydroxylation sites is 1. The van der Waals surface area contributed by atoms with Gasteiger partial charge in [-0.3, -0.25) is 0 Å². The number of rotatable bonds is 6. The minimum atomic E-state index is -0.233. The molecule has 0 aromatic heterocycles. The standard InChI is InChI=1S/C14H21NO2/c1-2-5-12(16)9-15-10-13-8-11-6-3-4-7-14(11)17-13/h3-4,6-7,12-13,15-16H,2,5,8-10H2,1H3. The van der Waals surface area contributed by atoms with E-state index in [9.17, 15) is 5.11 Å². The van der Waals surface area contributed by atoms with Gasteiger partial charge in [0.25, 0.3) is 0 Å². The number of benzene rings is 1. The molecule has 3 nitrogen and oxygen atoms in total. The summed E-state index contributed by atoms with van der Waals surface area (Å²) >= 11 is 0. The number of fused-ring (bicyclic) bond motifs is 1. The molecule has 1 aliphatic rings. The van der Waals surface area contributed by atoms with Crippen LogP contribution in [0.4, 0.5) is 0 Å². The molecule has 0 radical (unpaired) electrons. The van der Waals surface area contributed by atoms with Crippen LogP contribution in [0.1, 0.15) is 25.3 Å². The Labute approximate surface area is 103 Å². The summed E-state index contributed by atoms with van der Waals surface area (Å²) in [5.41, 5.74) is 1.29. The van der Waals surface area contributed by atoms with Crippen molar-refractivity contribution < 1.29 is 9.84 Å². The molecule has 0 amide bonds. The van der Waals surface area contributed by atoms with Crippen LogP contribution in [0.25, 0.3) is 0 Å². The monoisotopic (exact) mass is 235 g/mol. The maximum atomic E-state index is 9.59. The zero-order valence-corrected chi connectivity index (χ0v) is 10.4. The molecule has 1 aromatic rings. The highest BCUT2D eigenvalue weighted by molar-refractivity contribution is 5.37. The van der Waals surface area contributed by atoms with Gasteiger partial charge in [0.15, 0.2) is 0 Å². The van der Waals surface area contributed by atoms with Crippen molar-refractivity contribution >= 4 is 0 Å². The molecule has 0 fully saturated rings. The first-order chi connectivity index (χ1) is 8.29. The van der Waals surface area contributed by atoms with E-state index in [1.54, 1.807) is 0 Å². The van der Waals surface area contributed by atoms with Crippen LogP contribution in [0.2, 0.25) is 0 Å². The highest BCUT2D eigenvalue weighted by Gasteiger charge is 2.21. The second-order valence-corrected chi connectivity index (χ2v) is 4.65. The summed E-state index contributed by atoms with van der Waals surface area (Å²) in [5.74, 6) is 1.01. The van der Waals surface area contributed by atoms with E-state index in [0.717, 1.165) is 31.6 Å². The topological polar surface area (TPSA) is 41.5 Å². The summed E-state index contributed by atoms with van der Waals surface area (Å²) in [6.45, 7) is 3.54. The molecule has 3 heteroatoms. The van der Waals surface area contributed by atoms with Gasteiger partial charge >= 0.3 is 0 Å². The van der Waals surface area contributed by atoms with Crippen molar-refractivity contribution in [1.29, 1.82) is 0 Å². The average molecular weight is 235 g/mol. The predicted molar refractivity (Wildman–Crippen MR) is 68.3 cm³/mol. The molecular weight excluding hydrogens is 214 g/mol. The van der Waals surface area contributed by atoms with E-state index >= 15 is 0 Å². The number of aliphatic hydroxyl groups is 1. The first-order valence-corrected chi connectivity index (χ1v) is 6.43. The smallest absolute Gasteiger partial charge is 0.123 e. The van der Waals surface area contributed by atoms with Crippen molar-refractivity contribution in [1.82, 2.24) is 5.32 Å². The molecule has 0 saturated heterocycles. The first-order valence-electron chi connectivity index (χ1n) is 6.43. The van der Waals surface area contributed by atoms with Gasteiger partial charge in [-0.2, -0.15) is 0 Å². The van der Waals surface area contributed by atoms with Gasteiger partial charge in [-0.25, -0.2) is 0 Å². The SMILES string of the molecule is CCCC(O)CNCC1Cc2ccccc2O1. The summed E-state index contributed by atoms with van der Waals surface area (Å²) < 4.78 is 5.80. The lowest BCUT2D eigenvalue weighted by Gasteiger charge is -2.14. The molecule has 94 valence electrons. The van der Waals surface area contributed by atoms with Crippen LogP contribution in [-0.4, -0.2) is 30.4 Å². The Balaban J connectivity index is 1.70. The molecule has 17 heavy (non-hydrogen) atoms. The fraction of sp³-hybridized carbons (Fsp3) is 0.571. The highest BCUT2D eigenvalue weighted by Crippen LogP contribution is 2.27. The van der Waals surface area contributed by atoms with Gasteiger partial charge in [-0.05, 0) is 18.1 Å². The van der Waals surface area contributed by atoms with E-state index in [2.05, 4.69) is 18.3 Å². The minimum absolute atomic E-state index is 0.209. The molecule has 2 rings (SSSR count). The van der Waals surface area contributed by atoms with Crippen molar-refractivity contribution in [3.05, 3.63) is 29.8 Å². The zero-order valence-electron chi connectivity index (χ0n) is 10.4. The van der Waals surface area contributed by atoms with Crippen molar-refractivity contribution in [3.8, 4) is 5.75 Å². The molecular formula is C14H21NO2. The van der Waals surface area contributed by atoms with Gasteiger partial charge in [0.1, 0.15) is 11.9 Å². The lowest BCUT2D eigenvalue weighted by Crippen LogP contribution is -2.35. The Morgan fingerprint density at radius 1 is 1.47 bits per heavy atom. The number of ether oxygens (including phenoxy) is 1. The maximum Gasteiger partial charge on any atom is 0.123 e. The van der Waals surface area contributed by atoms with Crippen LogP contribution in [0.5, 0.6) is 5.75 Å². The summed E-state index contributed by atoms with van der Waals surface area (Å²) in [4.78, 5) is 0. The maximum absolute atomic E-state index is 9.59. The second-order valence-electron chi connectivity index (χ2n) is 4.65. The molecule has 1 heterocycles. The van der Waals surface area contributed by atoms with Crippen LogP contribution in [0.15, 0.2) is 24.3 Å². The third kappa shape index (κ3) is 3.45. The van der Waals surface area contributed by atoms with Gasteiger partial charge in [-0.15, -0.1) is 0 Å². The summed E-state index contributed by atoms with van der Waals surface area (Å²) in [7, 11) is 0. The third-order valence-electron chi connectivity index (χ3n) is 3.09. The highest BCUT2D eigenvalue weighted by atomic mass is 16.5. The molecule has 0 saturated carbocycles. The largest absolute Gasteiger partial charge is 0.488 e. The Hall–Kier alpha value is -1.06. The predicted octanol–water partition coefficient (Wildman–Crippen LogP) is 1.74. The summed E-state index contributed by atoms with van der Waals surface area (Å²) in [6, 6.07) is 8.17. The van der Waals surface area contributed by atoms with E-state index in [1.807, 2.05) is 18.2 Å². The Kier molecular flexibility index (Phi) is 4.40. The molecule has 1 aromatic carbocycles. The molecule has 0 spiro atoms. The molecule has 0 aliphatic carbocycles. The van der Waals surface area contributed by atoms with E-state index < -0.39 is 0 Å². The van der Waals surface area contributed by atoms with Crippen molar-refractivity contribution in [2.75, 3.05) is 13.1 Å². The number of hydrogen-bond acceptors (Lipinski definition) is 3. The van der Waals surface area contributed by atoms with E-state index in [1.165, 1.54) is 5.56 Å². The van der Waals surface area contributed by atoms with Crippen LogP contribution >= 0.6 is 0 Å². The summed E-state index contributed by atoms with van der Waals surface area (Å²) in [6.07, 6.45) is 2.82. The Bertz CT molecular complexity index is 329. The zero-order chi connectivity index (χ0) is 12.1. The van der Waals surface area contributed by atoms with E-state index in [4.69, 9.17) is 4.74 Å². The quantitative estimate of drug-likeness (QED) is 0.789. The number of nitrogens with one attached hydrogen (secondary N) is 1.